The quantitative estimate of drug-likeness (QED) is 0.262. The van der Waals surface area contributed by atoms with Gasteiger partial charge in [-0.05, 0) is 19.8 Å². The highest BCUT2D eigenvalue weighted by molar-refractivity contribution is 14.1. The van der Waals surface area contributed by atoms with E-state index in [1.54, 1.807) is 7.11 Å². The zero-order valence-electron chi connectivity index (χ0n) is 11.6. The van der Waals surface area contributed by atoms with Crippen molar-refractivity contribution in [3.63, 3.8) is 0 Å². The fourth-order valence-corrected chi connectivity index (χ4v) is 3.19. The Morgan fingerprint density at radius 1 is 1.21 bits per heavy atom. The molecule has 1 rings (SSSR count). The van der Waals surface area contributed by atoms with Crippen molar-refractivity contribution in [2.75, 3.05) is 40.1 Å². The minimum atomic E-state index is -0.0911. The lowest BCUT2D eigenvalue weighted by Crippen LogP contribution is -2.21. The smallest absolute Gasteiger partial charge is 0.309 e. The van der Waals surface area contributed by atoms with E-state index in [-0.39, 0.29) is 18.0 Å². The summed E-state index contributed by atoms with van der Waals surface area (Å²) < 4.78 is 21.4. The van der Waals surface area contributed by atoms with Gasteiger partial charge in [0.1, 0.15) is 0 Å². The van der Waals surface area contributed by atoms with Crippen LogP contribution in [0.1, 0.15) is 19.8 Å². The van der Waals surface area contributed by atoms with Crippen molar-refractivity contribution in [1.29, 1.82) is 0 Å². The van der Waals surface area contributed by atoms with E-state index in [0.717, 1.165) is 12.8 Å². The lowest BCUT2D eigenvalue weighted by atomic mass is 10.1. The van der Waals surface area contributed by atoms with E-state index in [1.807, 2.05) is 6.92 Å². The second kappa shape index (κ2) is 9.90. The van der Waals surface area contributed by atoms with Crippen LogP contribution >= 0.6 is 22.6 Å². The third kappa shape index (κ3) is 6.37. The molecule has 0 saturated heterocycles. The Labute approximate surface area is 128 Å². The van der Waals surface area contributed by atoms with Crippen molar-refractivity contribution >= 4 is 28.6 Å². The van der Waals surface area contributed by atoms with Crippen LogP contribution in [0.2, 0.25) is 0 Å². The summed E-state index contributed by atoms with van der Waals surface area (Å²) in [5.41, 5.74) is 0. The highest BCUT2D eigenvalue weighted by Crippen LogP contribution is 2.34. The van der Waals surface area contributed by atoms with Gasteiger partial charge in [-0.25, -0.2) is 0 Å². The van der Waals surface area contributed by atoms with E-state index >= 15 is 0 Å². The van der Waals surface area contributed by atoms with Gasteiger partial charge in [-0.1, -0.05) is 22.6 Å². The van der Waals surface area contributed by atoms with Gasteiger partial charge < -0.3 is 18.9 Å². The van der Waals surface area contributed by atoms with Gasteiger partial charge in [-0.15, -0.1) is 0 Å². The van der Waals surface area contributed by atoms with E-state index in [9.17, 15) is 4.79 Å². The van der Waals surface area contributed by atoms with Crippen molar-refractivity contribution in [3.8, 4) is 0 Å². The molecule has 1 saturated carbocycles. The molecule has 6 heteroatoms. The number of rotatable bonds is 9. The highest BCUT2D eigenvalue weighted by atomic mass is 127. The van der Waals surface area contributed by atoms with Crippen LogP contribution in [0.4, 0.5) is 0 Å². The SMILES string of the molecule is CCOC(=O)C1CC(I)C(OCCOCCOC)C1. The van der Waals surface area contributed by atoms with Gasteiger partial charge in [0.2, 0.25) is 0 Å². The summed E-state index contributed by atoms with van der Waals surface area (Å²) in [4.78, 5) is 11.7. The topological polar surface area (TPSA) is 54.0 Å². The van der Waals surface area contributed by atoms with Gasteiger partial charge in [-0.3, -0.25) is 4.79 Å². The van der Waals surface area contributed by atoms with Crippen LogP contribution in [0.5, 0.6) is 0 Å². The predicted octanol–water partition coefficient (Wildman–Crippen LogP) is 1.81. The predicted molar refractivity (Wildman–Crippen MR) is 79.6 cm³/mol. The molecule has 112 valence electrons. The molecule has 3 atom stereocenters. The molecule has 1 fully saturated rings. The number of carbonyl (C=O) groups is 1. The first-order valence-electron chi connectivity index (χ1n) is 6.68. The largest absolute Gasteiger partial charge is 0.466 e. The molecule has 0 bridgehead atoms. The average molecular weight is 386 g/mol. The molecule has 0 aromatic rings. The summed E-state index contributed by atoms with van der Waals surface area (Å²) in [6.07, 6.45) is 1.72. The summed E-state index contributed by atoms with van der Waals surface area (Å²) in [6.45, 7) is 4.59. The average Bonchev–Trinajstić information content (AvgIpc) is 2.76. The summed E-state index contributed by atoms with van der Waals surface area (Å²) in [7, 11) is 1.65. The number of carbonyl (C=O) groups excluding carboxylic acids is 1. The van der Waals surface area contributed by atoms with Crippen molar-refractivity contribution in [3.05, 3.63) is 0 Å². The lowest BCUT2D eigenvalue weighted by molar-refractivity contribution is -0.148. The molecule has 5 nitrogen and oxygen atoms in total. The van der Waals surface area contributed by atoms with Gasteiger partial charge in [0, 0.05) is 11.0 Å². The summed E-state index contributed by atoms with van der Waals surface area (Å²) in [6, 6.07) is 0. The van der Waals surface area contributed by atoms with Gasteiger partial charge in [0.25, 0.3) is 0 Å². The molecule has 1 aliphatic rings. The summed E-state index contributed by atoms with van der Waals surface area (Å²) >= 11 is 2.35. The van der Waals surface area contributed by atoms with Crippen molar-refractivity contribution in [1.82, 2.24) is 0 Å². The standard InChI is InChI=1S/C13H23IO5/c1-3-18-13(15)10-8-11(14)12(9-10)19-7-6-17-5-4-16-2/h10-12H,3-9H2,1-2H3. The van der Waals surface area contributed by atoms with E-state index in [1.165, 1.54) is 0 Å². The Morgan fingerprint density at radius 2 is 1.95 bits per heavy atom. The first-order chi connectivity index (χ1) is 9.19. The van der Waals surface area contributed by atoms with Crippen molar-refractivity contribution in [2.45, 2.75) is 29.8 Å². The van der Waals surface area contributed by atoms with Crippen molar-refractivity contribution in [2.24, 2.45) is 5.92 Å². The molecule has 0 aromatic heterocycles. The zero-order chi connectivity index (χ0) is 14.1. The molecule has 19 heavy (non-hydrogen) atoms. The summed E-state index contributed by atoms with van der Waals surface area (Å²) in [5.74, 6) is -0.104. The van der Waals surface area contributed by atoms with E-state index in [2.05, 4.69) is 22.6 Å². The van der Waals surface area contributed by atoms with Gasteiger partial charge >= 0.3 is 5.97 Å². The maximum atomic E-state index is 11.7. The van der Waals surface area contributed by atoms with Crippen LogP contribution in [-0.4, -0.2) is 56.1 Å². The van der Waals surface area contributed by atoms with E-state index in [0.29, 0.717) is 37.0 Å². The lowest BCUT2D eigenvalue weighted by Gasteiger charge is -2.15. The molecule has 0 heterocycles. The molecule has 0 spiro atoms. The minimum Gasteiger partial charge on any atom is -0.466 e. The second-order valence-electron chi connectivity index (χ2n) is 4.45. The van der Waals surface area contributed by atoms with Crippen molar-refractivity contribution < 1.29 is 23.7 Å². The third-order valence-electron chi connectivity index (χ3n) is 3.04. The number of hydrogen-bond acceptors (Lipinski definition) is 5. The highest BCUT2D eigenvalue weighted by Gasteiger charge is 2.37. The molecule has 1 aliphatic carbocycles. The molecular formula is C13H23IO5. The maximum Gasteiger partial charge on any atom is 0.309 e. The number of alkyl halides is 1. The Kier molecular flexibility index (Phi) is 8.93. The van der Waals surface area contributed by atoms with Gasteiger partial charge in [0.05, 0.1) is 45.1 Å². The summed E-state index contributed by atoms with van der Waals surface area (Å²) in [5, 5.41) is 0. The van der Waals surface area contributed by atoms with Crippen LogP contribution in [0.3, 0.4) is 0 Å². The molecule has 0 radical (unpaired) electrons. The maximum absolute atomic E-state index is 11.7. The van der Waals surface area contributed by atoms with Gasteiger partial charge in [0.15, 0.2) is 0 Å². The van der Waals surface area contributed by atoms with E-state index in [4.69, 9.17) is 18.9 Å². The number of ether oxygens (including phenoxy) is 4. The first kappa shape index (κ1) is 17.1. The normalized spacial score (nSPS) is 26.6. The van der Waals surface area contributed by atoms with Crippen LogP contribution in [-0.2, 0) is 23.7 Å². The Hall–Kier alpha value is 0.0800. The number of esters is 1. The fraction of sp³-hybridized carbons (Fsp3) is 0.923. The second-order valence-corrected chi connectivity index (χ2v) is 6.05. The Balaban J connectivity index is 2.15. The third-order valence-corrected chi connectivity index (χ3v) is 4.35. The number of hydrogen-bond donors (Lipinski definition) is 0. The van der Waals surface area contributed by atoms with Gasteiger partial charge in [-0.2, -0.15) is 0 Å². The monoisotopic (exact) mass is 386 g/mol. The molecule has 3 unspecified atom stereocenters. The molecule has 0 amide bonds. The fourth-order valence-electron chi connectivity index (χ4n) is 2.08. The minimum absolute atomic E-state index is 0.0127. The first-order valence-corrected chi connectivity index (χ1v) is 7.92. The van der Waals surface area contributed by atoms with E-state index < -0.39 is 0 Å². The molecular weight excluding hydrogens is 363 g/mol. The molecule has 0 N–H and O–H groups in total. The molecule has 0 aliphatic heterocycles. The van der Waals surface area contributed by atoms with Crippen LogP contribution in [0, 0.1) is 5.92 Å². The zero-order valence-corrected chi connectivity index (χ0v) is 13.8. The number of halogens is 1. The number of methoxy groups -OCH3 is 1. The Morgan fingerprint density at radius 3 is 2.63 bits per heavy atom. The van der Waals surface area contributed by atoms with Crippen LogP contribution in [0.25, 0.3) is 0 Å². The van der Waals surface area contributed by atoms with Crippen LogP contribution in [0.15, 0.2) is 0 Å². The van der Waals surface area contributed by atoms with Crippen LogP contribution < -0.4 is 0 Å². The molecule has 0 aromatic carbocycles. The Bertz CT molecular complexity index is 261.